The molecule has 0 fully saturated rings. The molecule has 3 aromatic rings. The van der Waals surface area contributed by atoms with E-state index in [-0.39, 0.29) is 0 Å². The van der Waals surface area contributed by atoms with Gasteiger partial charge in [0.2, 0.25) is 0 Å². The van der Waals surface area contributed by atoms with Gasteiger partial charge in [-0.05, 0) is 43.2 Å². The zero-order valence-corrected chi connectivity index (χ0v) is 12.5. The second kappa shape index (κ2) is 5.05. The first kappa shape index (κ1) is 13.4. The fourth-order valence-electron chi connectivity index (χ4n) is 2.52. The van der Waals surface area contributed by atoms with Crippen LogP contribution in [-0.2, 0) is 7.05 Å². The van der Waals surface area contributed by atoms with Gasteiger partial charge in [-0.2, -0.15) is 5.10 Å². The van der Waals surface area contributed by atoms with E-state index in [2.05, 4.69) is 42.1 Å². The maximum atomic E-state index is 6.24. The Bertz CT molecular complexity index is 788. The molecular formula is C17H18N4. The highest BCUT2D eigenvalue weighted by atomic mass is 15.3. The summed E-state index contributed by atoms with van der Waals surface area (Å²) in [5.41, 5.74) is 12.7. The third kappa shape index (κ3) is 2.29. The number of hydrogen-bond acceptors (Lipinski definition) is 3. The maximum Gasteiger partial charge on any atom is 0.129 e. The van der Waals surface area contributed by atoms with Crippen LogP contribution in [0.15, 0.2) is 42.7 Å². The first-order chi connectivity index (χ1) is 10.1. The Morgan fingerprint density at radius 2 is 1.76 bits per heavy atom. The molecule has 0 aliphatic carbocycles. The van der Waals surface area contributed by atoms with Gasteiger partial charge in [0.1, 0.15) is 11.5 Å². The van der Waals surface area contributed by atoms with Crippen LogP contribution in [0.25, 0.3) is 22.4 Å². The fraction of sp³-hybridized carbons (Fsp3) is 0.176. The number of hydrogen-bond donors (Lipinski definition) is 1. The lowest BCUT2D eigenvalue weighted by molar-refractivity contribution is 0.782. The van der Waals surface area contributed by atoms with E-state index in [4.69, 9.17) is 5.73 Å². The van der Waals surface area contributed by atoms with E-state index in [0.29, 0.717) is 5.82 Å². The summed E-state index contributed by atoms with van der Waals surface area (Å²) in [4.78, 5) is 4.07. The molecule has 2 aromatic heterocycles. The van der Waals surface area contributed by atoms with Gasteiger partial charge in [0.05, 0.1) is 5.56 Å². The number of benzene rings is 1. The van der Waals surface area contributed by atoms with Crippen molar-refractivity contribution in [2.75, 3.05) is 5.73 Å². The van der Waals surface area contributed by atoms with Crippen LogP contribution in [0.5, 0.6) is 0 Å². The highest BCUT2D eigenvalue weighted by molar-refractivity contribution is 5.89. The highest BCUT2D eigenvalue weighted by Gasteiger charge is 2.18. The monoisotopic (exact) mass is 278 g/mol. The van der Waals surface area contributed by atoms with Gasteiger partial charge < -0.3 is 5.73 Å². The van der Waals surface area contributed by atoms with Crippen molar-refractivity contribution in [2.24, 2.45) is 7.05 Å². The second-order valence-corrected chi connectivity index (χ2v) is 5.29. The van der Waals surface area contributed by atoms with Crippen molar-refractivity contribution < 1.29 is 0 Å². The molecule has 0 radical (unpaired) electrons. The van der Waals surface area contributed by atoms with Crippen LogP contribution >= 0.6 is 0 Å². The molecule has 0 spiro atoms. The average molecular weight is 278 g/mol. The summed E-state index contributed by atoms with van der Waals surface area (Å²) in [5, 5.41) is 4.63. The topological polar surface area (TPSA) is 56.7 Å². The van der Waals surface area contributed by atoms with E-state index in [9.17, 15) is 0 Å². The lowest BCUT2D eigenvalue weighted by Crippen LogP contribution is -1.97. The van der Waals surface area contributed by atoms with Crippen molar-refractivity contribution in [1.29, 1.82) is 0 Å². The standard InChI is InChI=1S/C17H18N4/c1-11-4-5-12(2)14(10-11)16-15(17(18)21(3)20-16)13-6-8-19-9-7-13/h4-10H,18H2,1-3H3. The largest absolute Gasteiger partial charge is 0.383 e. The molecule has 3 rings (SSSR count). The molecule has 0 saturated heterocycles. The minimum absolute atomic E-state index is 0.664. The molecule has 1 aromatic carbocycles. The lowest BCUT2D eigenvalue weighted by atomic mass is 9.97. The molecule has 21 heavy (non-hydrogen) atoms. The van der Waals surface area contributed by atoms with Crippen molar-refractivity contribution in [1.82, 2.24) is 14.8 Å². The molecule has 0 atom stereocenters. The average Bonchev–Trinajstić information content (AvgIpc) is 2.78. The normalized spacial score (nSPS) is 10.8. The van der Waals surface area contributed by atoms with Crippen molar-refractivity contribution >= 4 is 5.82 Å². The van der Waals surface area contributed by atoms with Gasteiger partial charge in [0.15, 0.2) is 0 Å². The fourth-order valence-corrected chi connectivity index (χ4v) is 2.52. The minimum Gasteiger partial charge on any atom is -0.383 e. The first-order valence-corrected chi connectivity index (χ1v) is 6.88. The van der Waals surface area contributed by atoms with Crippen LogP contribution in [0.3, 0.4) is 0 Å². The predicted octanol–water partition coefficient (Wildman–Crippen LogP) is 3.35. The summed E-state index contributed by atoms with van der Waals surface area (Å²) in [6.07, 6.45) is 3.54. The van der Waals surface area contributed by atoms with Gasteiger partial charge in [-0.1, -0.05) is 17.7 Å². The van der Waals surface area contributed by atoms with E-state index in [1.165, 1.54) is 11.1 Å². The van der Waals surface area contributed by atoms with Gasteiger partial charge in [-0.15, -0.1) is 0 Å². The highest BCUT2D eigenvalue weighted by Crippen LogP contribution is 2.37. The Labute approximate surface area is 124 Å². The summed E-state index contributed by atoms with van der Waals surface area (Å²) in [6, 6.07) is 10.3. The third-order valence-electron chi connectivity index (χ3n) is 3.71. The molecule has 2 N–H and O–H groups in total. The van der Waals surface area contributed by atoms with E-state index in [1.807, 2.05) is 19.2 Å². The molecule has 4 heteroatoms. The molecule has 0 aliphatic heterocycles. The smallest absolute Gasteiger partial charge is 0.129 e. The Morgan fingerprint density at radius 1 is 1.05 bits per heavy atom. The maximum absolute atomic E-state index is 6.24. The Kier molecular flexibility index (Phi) is 3.22. The van der Waals surface area contributed by atoms with Crippen molar-refractivity contribution in [2.45, 2.75) is 13.8 Å². The van der Waals surface area contributed by atoms with Crippen LogP contribution in [0.2, 0.25) is 0 Å². The second-order valence-electron chi connectivity index (χ2n) is 5.29. The zero-order chi connectivity index (χ0) is 15.0. The van der Waals surface area contributed by atoms with Crippen LogP contribution < -0.4 is 5.73 Å². The summed E-state index contributed by atoms with van der Waals surface area (Å²) in [7, 11) is 1.87. The van der Waals surface area contributed by atoms with Gasteiger partial charge in [-0.3, -0.25) is 9.67 Å². The summed E-state index contributed by atoms with van der Waals surface area (Å²) in [6.45, 7) is 4.18. The van der Waals surface area contributed by atoms with E-state index in [0.717, 1.165) is 22.4 Å². The van der Waals surface area contributed by atoms with Crippen molar-refractivity contribution in [3.05, 3.63) is 53.9 Å². The lowest BCUT2D eigenvalue weighted by Gasteiger charge is -2.08. The quantitative estimate of drug-likeness (QED) is 0.782. The number of nitrogens with zero attached hydrogens (tertiary/aromatic N) is 3. The molecule has 0 amide bonds. The van der Waals surface area contributed by atoms with Crippen molar-refractivity contribution in [3.8, 4) is 22.4 Å². The van der Waals surface area contributed by atoms with Crippen LogP contribution in [0, 0.1) is 13.8 Å². The Hall–Kier alpha value is -2.62. The number of pyridine rings is 1. The molecule has 2 heterocycles. The van der Waals surface area contributed by atoms with Crippen molar-refractivity contribution in [3.63, 3.8) is 0 Å². The van der Waals surface area contributed by atoms with E-state index in [1.54, 1.807) is 17.1 Å². The number of nitrogen functional groups attached to an aromatic ring is 1. The van der Waals surface area contributed by atoms with Crippen LogP contribution in [0.1, 0.15) is 11.1 Å². The van der Waals surface area contributed by atoms with Gasteiger partial charge in [-0.25, -0.2) is 0 Å². The molecule has 0 saturated carbocycles. The van der Waals surface area contributed by atoms with Crippen LogP contribution in [0.4, 0.5) is 5.82 Å². The minimum atomic E-state index is 0.664. The summed E-state index contributed by atoms with van der Waals surface area (Å²) >= 11 is 0. The van der Waals surface area contributed by atoms with E-state index < -0.39 is 0 Å². The van der Waals surface area contributed by atoms with Crippen LogP contribution in [-0.4, -0.2) is 14.8 Å². The summed E-state index contributed by atoms with van der Waals surface area (Å²) < 4.78 is 1.73. The number of nitrogens with two attached hydrogens (primary N) is 1. The third-order valence-corrected chi connectivity index (χ3v) is 3.71. The van der Waals surface area contributed by atoms with Gasteiger partial charge in [0, 0.05) is 25.0 Å². The molecule has 0 bridgehead atoms. The Morgan fingerprint density at radius 3 is 2.48 bits per heavy atom. The summed E-state index contributed by atoms with van der Waals surface area (Å²) in [5.74, 6) is 0.664. The Balaban J connectivity index is 2.29. The molecule has 106 valence electrons. The number of rotatable bonds is 2. The molecular weight excluding hydrogens is 260 g/mol. The molecule has 0 aliphatic rings. The van der Waals surface area contributed by atoms with Gasteiger partial charge >= 0.3 is 0 Å². The number of anilines is 1. The SMILES string of the molecule is Cc1ccc(C)c(-c2nn(C)c(N)c2-c2ccncc2)c1. The number of aromatic nitrogens is 3. The molecule has 0 unspecified atom stereocenters. The first-order valence-electron chi connectivity index (χ1n) is 6.88. The number of aryl methyl sites for hydroxylation is 3. The van der Waals surface area contributed by atoms with Gasteiger partial charge in [0.25, 0.3) is 0 Å². The van der Waals surface area contributed by atoms with E-state index >= 15 is 0 Å². The molecule has 4 nitrogen and oxygen atoms in total. The zero-order valence-electron chi connectivity index (χ0n) is 12.5. The predicted molar refractivity (Wildman–Crippen MR) is 85.8 cm³/mol.